The maximum absolute atomic E-state index is 13.4. The Morgan fingerprint density at radius 3 is 2.35 bits per heavy atom. The normalized spacial score (nSPS) is 16.8. The molecule has 2 aromatic carbocycles. The number of thioether (sulfide) groups is 1. The summed E-state index contributed by atoms with van der Waals surface area (Å²) in [6, 6.07) is 12.3. The predicted molar refractivity (Wildman–Crippen MR) is 137 cm³/mol. The minimum atomic E-state index is -0.832. The lowest BCUT2D eigenvalue weighted by molar-refractivity contribution is -0.137. The second-order valence-corrected chi connectivity index (χ2v) is 8.92. The number of esters is 2. The van der Waals surface area contributed by atoms with Crippen molar-refractivity contribution in [2.75, 3.05) is 26.6 Å². The van der Waals surface area contributed by atoms with Crippen LogP contribution in [0.3, 0.4) is 0 Å². The van der Waals surface area contributed by atoms with Gasteiger partial charge in [0.15, 0.2) is 5.17 Å². The van der Waals surface area contributed by atoms with Gasteiger partial charge in [-0.3, -0.25) is 14.5 Å². The number of ether oxygens (including phenoxy) is 3. The van der Waals surface area contributed by atoms with Gasteiger partial charge in [0.05, 0.1) is 49.1 Å². The highest BCUT2D eigenvalue weighted by atomic mass is 32.2. The van der Waals surface area contributed by atoms with Crippen LogP contribution < -0.4 is 10.1 Å². The van der Waals surface area contributed by atoms with Gasteiger partial charge in [0.1, 0.15) is 5.75 Å². The van der Waals surface area contributed by atoms with Crippen molar-refractivity contribution in [2.45, 2.75) is 13.0 Å². The quantitative estimate of drug-likeness (QED) is 0.574. The summed E-state index contributed by atoms with van der Waals surface area (Å²) in [5.74, 6) is -1.61. The fourth-order valence-electron chi connectivity index (χ4n) is 3.91. The van der Waals surface area contributed by atoms with Crippen LogP contribution in [0.4, 0.5) is 5.69 Å². The first-order chi connectivity index (χ1) is 17.8. The first-order valence-corrected chi connectivity index (χ1v) is 11.8. The fraction of sp³-hybridized carbons (Fsp3) is 0.192. The molecule has 190 valence electrons. The minimum Gasteiger partial charge on any atom is -0.497 e. The number of rotatable bonds is 6. The van der Waals surface area contributed by atoms with Crippen LogP contribution in [0, 0.1) is 0 Å². The molecule has 1 unspecified atom stereocenters. The molecule has 2 aliphatic heterocycles. The number of anilines is 1. The van der Waals surface area contributed by atoms with Gasteiger partial charge in [-0.2, -0.15) is 0 Å². The van der Waals surface area contributed by atoms with E-state index < -0.39 is 29.8 Å². The highest BCUT2D eigenvalue weighted by Gasteiger charge is 2.42. The molecule has 0 fully saturated rings. The Kier molecular flexibility index (Phi) is 7.44. The molecule has 10 nitrogen and oxygen atoms in total. The molecule has 0 aromatic heterocycles. The van der Waals surface area contributed by atoms with E-state index in [0.717, 1.165) is 11.8 Å². The number of fused-ring (bicyclic) bond motifs is 1. The third-order valence-corrected chi connectivity index (χ3v) is 6.68. The van der Waals surface area contributed by atoms with Gasteiger partial charge in [-0.15, -0.1) is 0 Å². The molecule has 1 atom stereocenters. The van der Waals surface area contributed by atoms with Gasteiger partial charge in [-0.25, -0.2) is 14.6 Å². The smallest absolute Gasteiger partial charge is 0.338 e. The van der Waals surface area contributed by atoms with E-state index in [9.17, 15) is 19.2 Å². The molecular weight excluding hydrogens is 498 g/mol. The molecule has 4 rings (SSSR count). The molecule has 0 saturated heterocycles. The summed E-state index contributed by atoms with van der Waals surface area (Å²) in [4.78, 5) is 56.6. The summed E-state index contributed by atoms with van der Waals surface area (Å²) in [6.07, 6.45) is 1.20. The van der Waals surface area contributed by atoms with E-state index in [-0.39, 0.29) is 15.6 Å². The second-order valence-electron chi connectivity index (χ2n) is 7.91. The van der Waals surface area contributed by atoms with Crippen LogP contribution in [-0.2, 0) is 23.9 Å². The summed E-state index contributed by atoms with van der Waals surface area (Å²) in [7, 11) is 4.06. The van der Waals surface area contributed by atoms with Crippen LogP contribution in [-0.4, -0.2) is 55.1 Å². The molecule has 0 aliphatic carbocycles. The molecular formula is C26H23N3O7S. The van der Waals surface area contributed by atoms with E-state index in [0.29, 0.717) is 28.3 Å². The molecule has 0 spiro atoms. The highest BCUT2D eigenvalue weighted by molar-refractivity contribution is 8.18. The molecule has 2 amide bonds. The predicted octanol–water partition coefficient (Wildman–Crippen LogP) is 3.44. The number of carbonyl (C=O) groups excluding carboxylic acids is 4. The van der Waals surface area contributed by atoms with E-state index >= 15 is 0 Å². The van der Waals surface area contributed by atoms with Crippen LogP contribution in [0.5, 0.6) is 5.75 Å². The molecule has 2 aliphatic rings. The first-order valence-electron chi connectivity index (χ1n) is 11.0. The number of amides is 2. The van der Waals surface area contributed by atoms with Crippen molar-refractivity contribution in [2.24, 2.45) is 4.99 Å². The number of carbonyl (C=O) groups is 4. The Hall–Kier alpha value is -4.38. The number of benzene rings is 2. The Morgan fingerprint density at radius 1 is 1.00 bits per heavy atom. The number of nitrogens with zero attached hydrogens (tertiary/aromatic N) is 2. The van der Waals surface area contributed by atoms with E-state index in [4.69, 9.17) is 9.47 Å². The van der Waals surface area contributed by atoms with Crippen molar-refractivity contribution in [3.05, 3.63) is 81.9 Å². The number of allylic oxidation sites excluding steroid dienone is 1. The molecule has 2 aromatic rings. The SMILES string of the molecule is COC(=O)C1=C(C)N=C2SC(C(=O)Nc3ccc(C(=O)OC)cc3)=CC(=O)N2C1c1cccc(OC)c1. The number of amidine groups is 1. The van der Waals surface area contributed by atoms with Crippen LogP contribution in [0.2, 0.25) is 0 Å². The van der Waals surface area contributed by atoms with Crippen molar-refractivity contribution >= 4 is 46.4 Å². The zero-order chi connectivity index (χ0) is 26.7. The summed E-state index contributed by atoms with van der Waals surface area (Å²) < 4.78 is 15.0. The lowest BCUT2D eigenvalue weighted by atomic mass is 9.94. The van der Waals surface area contributed by atoms with Gasteiger partial charge in [0, 0.05) is 11.8 Å². The van der Waals surface area contributed by atoms with E-state index in [1.807, 2.05) is 0 Å². The van der Waals surface area contributed by atoms with Gasteiger partial charge in [-0.05, 0) is 60.6 Å². The second kappa shape index (κ2) is 10.7. The largest absolute Gasteiger partial charge is 0.497 e. The molecule has 0 bridgehead atoms. The Balaban J connectivity index is 1.66. The Morgan fingerprint density at radius 2 is 1.70 bits per heavy atom. The number of hydrogen-bond acceptors (Lipinski definition) is 9. The standard InChI is InChI=1S/C26H23N3O7S/c1-14-21(25(33)36-4)22(16-6-5-7-18(12-16)34-2)29-20(30)13-19(37-26(29)27-14)23(31)28-17-10-8-15(9-11-17)24(32)35-3/h5-13,22H,1-4H3,(H,28,31). The average molecular weight is 522 g/mol. The van der Waals surface area contributed by atoms with Crippen molar-refractivity contribution < 1.29 is 33.4 Å². The van der Waals surface area contributed by atoms with Gasteiger partial charge in [-0.1, -0.05) is 12.1 Å². The van der Waals surface area contributed by atoms with Crippen LogP contribution in [0.15, 0.2) is 75.8 Å². The average Bonchev–Trinajstić information content (AvgIpc) is 2.91. The lowest BCUT2D eigenvalue weighted by Gasteiger charge is -2.38. The number of aliphatic imine (C=N–C) groups is 1. The summed E-state index contributed by atoms with van der Waals surface area (Å²) in [6.45, 7) is 1.65. The van der Waals surface area contributed by atoms with Crippen molar-refractivity contribution in [3.63, 3.8) is 0 Å². The van der Waals surface area contributed by atoms with Crippen molar-refractivity contribution in [1.82, 2.24) is 4.90 Å². The number of nitrogens with one attached hydrogen (secondary N) is 1. The van der Waals surface area contributed by atoms with Crippen LogP contribution in [0.1, 0.15) is 28.9 Å². The van der Waals surface area contributed by atoms with E-state index in [2.05, 4.69) is 15.0 Å². The number of hydrogen-bond donors (Lipinski definition) is 1. The molecule has 0 saturated carbocycles. The van der Waals surface area contributed by atoms with Gasteiger partial charge in [0.25, 0.3) is 11.8 Å². The van der Waals surface area contributed by atoms with Gasteiger partial charge in [0.2, 0.25) is 0 Å². The van der Waals surface area contributed by atoms with Crippen molar-refractivity contribution in [3.8, 4) is 5.75 Å². The topological polar surface area (TPSA) is 124 Å². The monoisotopic (exact) mass is 521 g/mol. The molecule has 11 heteroatoms. The fourth-order valence-corrected chi connectivity index (χ4v) is 4.88. The Labute approximate surface area is 217 Å². The maximum Gasteiger partial charge on any atom is 0.338 e. The zero-order valence-electron chi connectivity index (χ0n) is 20.4. The minimum absolute atomic E-state index is 0.121. The molecule has 2 heterocycles. The maximum atomic E-state index is 13.4. The van der Waals surface area contributed by atoms with E-state index in [1.165, 1.54) is 44.4 Å². The lowest BCUT2D eigenvalue weighted by Crippen LogP contribution is -2.45. The van der Waals surface area contributed by atoms with Crippen LogP contribution >= 0.6 is 11.8 Å². The molecule has 1 N–H and O–H groups in total. The summed E-state index contributed by atoms with van der Waals surface area (Å²) in [5.41, 5.74) is 1.96. The first kappa shape index (κ1) is 25.7. The molecule has 0 radical (unpaired) electrons. The third-order valence-electron chi connectivity index (χ3n) is 5.69. The van der Waals surface area contributed by atoms with Gasteiger partial charge < -0.3 is 19.5 Å². The number of methoxy groups -OCH3 is 3. The zero-order valence-corrected chi connectivity index (χ0v) is 21.3. The van der Waals surface area contributed by atoms with Gasteiger partial charge >= 0.3 is 11.9 Å². The third kappa shape index (κ3) is 5.12. The van der Waals surface area contributed by atoms with E-state index in [1.54, 1.807) is 43.3 Å². The Bertz CT molecular complexity index is 1380. The molecule has 37 heavy (non-hydrogen) atoms. The summed E-state index contributed by atoms with van der Waals surface area (Å²) in [5, 5.41) is 2.96. The van der Waals surface area contributed by atoms with Crippen LogP contribution in [0.25, 0.3) is 0 Å². The summed E-state index contributed by atoms with van der Waals surface area (Å²) >= 11 is 1.00. The van der Waals surface area contributed by atoms with Crippen molar-refractivity contribution in [1.29, 1.82) is 0 Å². The highest BCUT2D eigenvalue weighted by Crippen LogP contribution is 2.42.